The molecule has 9 fully saturated rings. The number of carbonyl (C=O) groups is 1. The van der Waals surface area contributed by atoms with E-state index in [0.717, 1.165) is 12.8 Å². The van der Waals surface area contributed by atoms with Gasteiger partial charge in [0.1, 0.15) is 104 Å². The number of rotatable bonds is 13. The molecule has 15 N–H and O–H groups in total. The Bertz CT molecular complexity index is 2370. The Balaban J connectivity index is 0.833. The van der Waals surface area contributed by atoms with E-state index in [-0.39, 0.29) is 47.2 Å². The van der Waals surface area contributed by atoms with E-state index in [1.807, 2.05) is 6.92 Å². The number of hydrogen-bond donors (Lipinski definition) is 15. The Kier molecular flexibility index (Phi) is 19.0. The molecule has 0 aromatic carbocycles. The molecule has 85 heavy (non-hydrogen) atoms. The van der Waals surface area contributed by atoms with E-state index in [1.165, 1.54) is 19.4 Å². The minimum atomic E-state index is -1.90. The van der Waals surface area contributed by atoms with Crippen LogP contribution < -0.4 is 0 Å². The molecule has 0 aromatic rings. The molecule has 33 atom stereocenters. The van der Waals surface area contributed by atoms with Crippen LogP contribution in [0.5, 0.6) is 0 Å². The van der Waals surface area contributed by atoms with Crippen LogP contribution in [0.1, 0.15) is 120 Å². The van der Waals surface area contributed by atoms with Crippen LogP contribution in [0.25, 0.3) is 0 Å². The van der Waals surface area contributed by atoms with Gasteiger partial charge < -0.3 is 124 Å². The largest absolute Gasteiger partial charge is 0.432 e. The van der Waals surface area contributed by atoms with E-state index < -0.39 is 189 Å². The van der Waals surface area contributed by atoms with Crippen LogP contribution >= 0.6 is 0 Å². The molecule has 4 saturated carbocycles. The monoisotopic (exact) mass is 1220 g/mol. The molecular formula is C59H96O26. The van der Waals surface area contributed by atoms with Crippen molar-refractivity contribution in [3.8, 4) is 0 Å². The van der Waals surface area contributed by atoms with E-state index in [0.29, 0.717) is 51.4 Å². The van der Waals surface area contributed by atoms with Gasteiger partial charge in [-0.15, -0.1) is 0 Å². The number of hydrogen-bond acceptors (Lipinski definition) is 26. The second-order valence-corrected chi connectivity index (χ2v) is 28.5. The molecule has 0 amide bonds. The second-order valence-electron chi connectivity index (χ2n) is 28.5. The average molecular weight is 1220 g/mol. The molecule has 10 aliphatic rings. The van der Waals surface area contributed by atoms with Gasteiger partial charge in [0.2, 0.25) is 6.29 Å². The highest BCUT2D eigenvalue weighted by molar-refractivity contribution is 5.79. The fraction of sp³-hybridized carbons (Fsp3) is 0.949. The minimum absolute atomic E-state index is 0.0670. The van der Waals surface area contributed by atoms with Crippen LogP contribution in [0.3, 0.4) is 0 Å². The summed E-state index contributed by atoms with van der Waals surface area (Å²) < 4.78 is 59.4. The summed E-state index contributed by atoms with van der Waals surface area (Å²) in [5.74, 6) is -0.861. The summed E-state index contributed by atoms with van der Waals surface area (Å²) in [6.07, 6.45) is -29.6. The lowest BCUT2D eigenvalue weighted by Crippen LogP contribution is -2.67. The Hall–Kier alpha value is -1.75. The van der Waals surface area contributed by atoms with Gasteiger partial charge in [-0.3, -0.25) is 4.79 Å². The van der Waals surface area contributed by atoms with Crippen LogP contribution in [-0.4, -0.2) is 263 Å². The molecule has 0 unspecified atom stereocenters. The van der Waals surface area contributed by atoms with Crippen LogP contribution in [0, 0.1) is 50.2 Å². The Morgan fingerprint density at radius 1 is 0.565 bits per heavy atom. The van der Waals surface area contributed by atoms with Gasteiger partial charge in [-0.25, -0.2) is 0 Å². The predicted octanol–water partition coefficient (Wildman–Crippen LogP) is -2.54. The van der Waals surface area contributed by atoms with Gasteiger partial charge in [0.15, 0.2) is 25.2 Å². The third kappa shape index (κ3) is 11.1. The maximum absolute atomic E-state index is 15.2. The highest BCUT2D eigenvalue weighted by atomic mass is 16.8. The molecule has 0 radical (unpaired) electrons. The van der Waals surface area contributed by atoms with Crippen molar-refractivity contribution in [2.45, 2.75) is 273 Å². The molecule has 5 aliphatic carbocycles. The zero-order valence-electron chi connectivity index (χ0n) is 49.8. The maximum atomic E-state index is 15.2. The first-order chi connectivity index (χ1) is 39.8. The predicted molar refractivity (Wildman–Crippen MR) is 288 cm³/mol. The zero-order valence-corrected chi connectivity index (χ0v) is 49.8. The van der Waals surface area contributed by atoms with Gasteiger partial charge in [-0.05, 0) is 117 Å². The molecule has 10 rings (SSSR count). The van der Waals surface area contributed by atoms with Crippen molar-refractivity contribution in [2.75, 3.05) is 26.4 Å². The van der Waals surface area contributed by atoms with Gasteiger partial charge in [0, 0.05) is 5.41 Å². The Morgan fingerprint density at radius 2 is 1.14 bits per heavy atom. The number of allylic oxidation sites excluding steroid dienone is 2. The fourth-order valence-corrected chi connectivity index (χ4v) is 17.5. The van der Waals surface area contributed by atoms with Crippen molar-refractivity contribution < 1.29 is 129 Å². The van der Waals surface area contributed by atoms with Crippen molar-refractivity contribution in [2.24, 2.45) is 50.2 Å². The number of esters is 1. The first-order valence-electron chi connectivity index (χ1n) is 30.6. The van der Waals surface area contributed by atoms with E-state index in [1.54, 1.807) is 0 Å². The van der Waals surface area contributed by atoms with E-state index in [4.69, 9.17) is 47.4 Å². The van der Waals surface area contributed by atoms with Crippen molar-refractivity contribution in [3.05, 3.63) is 11.6 Å². The summed E-state index contributed by atoms with van der Waals surface area (Å²) in [7, 11) is 0. The van der Waals surface area contributed by atoms with Gasteiger partial charge >= 0.3 is 5.97 Å². The molecular weight excluding hydrogens is 1120 g/mol. The van der Waals surface area contributed by atoms with Gasteiger partial charge in [-0.2, -0.15) is 0 Å². The normalized spacial score (nSPS) is 55.3. The number of aliphatic hydroxyl groups is 15. The summed E-state index contributed by atoms with van der Waals surface area (Å²) in [5.41, 5.74) is -1.93. The van der Waals surface area contributed by atoms with Crippen LogP contribution in [-0.2, 0) is 52.2 Å². The minimum Gasteiger partial charge on any atom is -0.432 e. The van der Waals surface area contributed by atoms with Crippen molar-refractivity contribution in [3.63, 3.8) is 0 Å². The maximum Gasteiger partial charge on any atom is 0.315 e. The fourth-order valence-electron chi connectivity index (χ4n) is 17.5. The summed E-state index contributed by atoms with van der Waals surface area (Å²) in [4.78, 5) is 15.2. The summed E-state index contributed by atoms with van der Waals surface area (Å²) >= 11 is 0. The lowest BCUT2D eigenvalue weighted by Gasteiger charge is -2.71. The molecule has 0 aromatic heterocycles. The van der Waals surface area contributed by atoms with Crippen LogP contribution in [0.15, 0.2) is 11.6 Å². The lowest BCUT2D eigenvalue weighted by atomic mass is 9.33. The Labute approximate surface area is 494 Å². The topological polar surface area (TPSA) is 413 Å². The number of fused-ring (bicyclic) bond motifs is 7. The second kappa shape index (κ2) is 24.4. The van der Waals surface area contributed by atoms with Crippen molar-refractivity contribution in [1.82, 2.24) is 0 Å². The van der Waals surface area contributed by atoms with E-state index >= 15 is 4.79 Å². The first kappa shape index (κ1) is 66.2. The van der Waals surface area contributed by atoms with Gasteiger partial charge in [-0.1, -0.05) is 53.2 Å². The summed E-state index contributed by atoms with van der Waals surface area (Å²) in [6, 6.07) is 0. The molecule has 5 heterocycles. The standard InChI is InChI=1S/C59H96O26/c1-24-34(63)38(67)42(71)49(78-24)83-46-29(20-60)80-48(45(74)41(46)70)77-22-30-37(66)40(69)44(73)51(81-30)85-53(75)59-17-15-54(3,4)19-27(59)26-9-10-32-55(5)13-12-33(56(6,23-61)31(55)11-14-58(32,8)57(26,7)16-18-59)82-52-47(36(65)28(62)21-76-52)84-50-43(72)39(68)35(64)25(2)79-50/h9,24-25,27-52,60-74H,10-23H2,1-8H3/t24-,25-,27-,28-,29-,30-,31-,32-,33-,34-,35-,36+,37-,38+,39+,40+,41-,42-,43-,44-,45-,46-,47-,48-,49+,50+,51+,52+,55+,56-,57-,58-,59-/m0/s1. The number of ether oxygens (including phenoxy) is 10. The van der Waals surface area contributed by atoms with Gasteiger partial charge in [0.05, 0.1) is 50.2 Å². The average Bonchev–Trinajstić information content (AvgIpc) is 0.692. The summed E-state index contributed by atoms with van der Waals surface area (Å²) in [6.45, 7) is 14.3. The molecule has 26 heteroatoms. The van der Waals surface area contributed by atoms with Crippen LogP contribution in [0.2, 0.25) is 0 Å². The van der Waals surface area contributed by atoms with E-state index in [9.17, 15) is 76.6 Å². The third-order valence-corrected chi connectivity index (χ3v) is 23.2. The smallest absolute Gasteiger partial charge is 0.315 e. The Morgan fingerprint density at radius 3 is 1.76 bits per heavy atom. The molecule has 5 saturated heterocycles. The number of aliphatic hydroxyl groups excluding tert-OH is 15. The molecule has 488 valence electrons. The molecule has 0 spiro atoms. The molecule has 26 nitrogen and oxygen atoms in total. The van der Waals surface area contributed by atoms with E-state index in [2.05, 4.69) is 40.7 Å². The SMILES string of the molecule is C[C@@H]1O[C@H](O[C@@H]2[C@@H](O[C@H]3CC[C@]4(C)[C@H](CC[C@@]5(C)[C@H]4CC=C4[C@@H]6CC(C)(C)CC[C@]6(C(=O)O[C@H]6O[C@@H](CO[C@H]7O[C@@H](CO)[C@H](O[C@H]8O[C@@H](C)[C@H](O)[C@@H](O)[C@@H]8O)[C@@H](O)[C@@H]7O)[C@H](O)[C@@H](O)[C@@H]6O)CC[C@@]45C)[C@]3(C)CO)OC[C@H](O)[C@H]2O)[C@@H](O)[C@H](O)[C@H]1O. The van der Waals surface area contributed by atoms with Gasteiger partial charge in [0.25, 0.3) is 0 Å². The van der Waals surface area contributed by atoms with Crippen molar-refractivity contribution >= 4 is 5.97 Å². The highest BCUT2D eigenvalue weighted by Crippen LogP contribution is 2.76. The molecule has 0 bridgehead atoms. The van der Waals surface area contributed by atoms with Crippen LogP contribution in [0.4, 0.5) is 0 Å². The lowest BCUT2D eigenvalue weighted by molar-refractivity contribution is -0.365. The highest BCUT2D eigenvalue weighted by Gasteiger charge is 2.71. The molecule has 5 aliphatic heterocycles. The quantitative estimate of drug-likeness (QED) is 0.0513. The summed E-state index contributed by atoms with van der Waals surface area (Å²) in [5, 5.41) is 163. The van der Waals surface area contributed by atoms with Crippen molar-refractivity contribution in [1.29, 1.82) is 0 Å². The third-order valence-electron chi connectivity index (χ3n) is 23.2. The first-order valence-corrected chi connectivity index (χ1v) is 30.6. The zero-order chi connectivity index (χ0) is 62.0. The number of carbonyl (C=O) groups excluding carboxylic acids is 1.